The maximum Gasteiger partial charge on any atom is 0.306 e. The number of esters is 1. The molecule has 2 aromatic rings. The normalized spacial score (nSPS) is 16.3. The van der Waals surface area contributed by atoms with Gasteiger partial charge in [-0.2, -0.15) is 0 Å². The summed E-state index contributed by atoms with van der Waals surface area (Å²) >= 11 is 0. The number of nitrogens with zero attached hydrogens (tertiary/aromatic N) is 1. The van der Waals surface area contributed by atoms with Gasteiger partial charge >= 0.3 is 5.97 Å². The molecule has 1 aromatic carbocycles. The van der Waals surface area contributed by atoms with E-state index in [0.717, 1.165) is 31.2 Å². The van der Waals surface area contributed by atoms with Gasteiger partial charge in [-0.3, -0.25) is 9.78 Å². The number of hydrogen-bond donors (Lipinski definition) is 0. The molecule has 0 aliphatic heterocycles. The summed E-state index contributed by atoms with van der Waals surface area (Å²) in [6.07, 6.45) is 5.98. The highest BCUT2D eigenvalue weighted by atomic mass is 19.1. The molecule has 4 nitrogen and oxygen atoms in total. The molecule has 0 bridgehead atoms. The standard InChI is InChI=1S/C19H20FNO3/c1-23-17-5-6-18-14(8-17)3-2-4-15(18)9-19(22)24-12-13-7-16(20)11-21-10-13/h5-8,10-11,15H,2-4,9,12H2,1H3. The number of fused-ring (bicyclic) bond motifs is 1. The quantitative estimate of drug-likeness (QED) is 0.783. The second-order valence-corrected chi connectivity index (χ2v) is 6.03. The molecule has 1 aliphatic rings. The number of carbonyl (C=O) groups is 1. The van der Waals surface area contributed by atoms with Gasteiger partial charge in [0.05, 0.1) is 19.7 Å². The van der Waals surface area contributed by atoms with E-state index < -0.39 is 5.82 Å². The molecule has 126 valence electrons. The molecule has 0 amide bonds. The van der Waals surface area contributed by atoms with Gasteiger partial charge in [-0.25, -0.2) is 4.39 Å². The Labute approximate surface area is 140 Å². The zero-order chi connectivity index (χ0) is 16.9. The monoisotopic (exact) mass is 329 g/mol. The molecule has 24 heavy (non-hydrogen) atoms. The lowest BCUT2D eigenvalue weighted by Crippen LogP contribution is -2.15. The number of aryl methyl sites for hydroxylation is 1. The number of ether oxygens (including phenoxy) is 2. The summed E-state index contributed by atoms with van der Waals surface area (Å²) in [6.45, 7) is 0.0474. The SMILES string of the molecule is COc1ccc2c(c1)CCCC2CC(=O)OCc1cncc(F)c1. The Bertz CT molecular complexity index is 732. The number of methoxy groups -OCH3 is 1. The first-order chi connectivity index (χ1) is 11.7. The van der Waals surface area contributed by atoms with Crippen molar-refractivity contribution in [2.24, 2.45) is 0 Å². The van der Waals surface area contributed by atoms with E-state index in [0.29, 0.717) is 12.0 Å². The molecular formula is C19H20FNO3. The highest BCUT2D eigenvalue weighted by Crippen LogP contribution is 2.36. The molecule has 0 N–H and O–H groups in total. The number of hydrogen-bond acceptors (Lipinski definition) is 4. The molecule has 0 saturated heterocycles. The van der Waals surface area contributed by atoms with Crippen molar-refractivity contribution in [3.8, 4) is 5.75 Å². The molecular weight excluding hydrogens is 309 g/mol. The Balaban J connectivity index is 1.61. The summed E-state index contributed by atoms with van der Waals surface area (Å²) < 4.78 is 23.6. The smallest absolute Gasteiger partial charge is 0.306 e. The largest absolute Gasteiger partial charge is 0.497 e. The number of pyridine rings is 1. The van der Waals surface area contributed by atoms with Crippen molar-refractivity contribution >= 4 is 5.97 Å². The van der Waals surface area contributed by atoms with Crippen molar-refractivity contribution in [1.82, 2.24) is 4.98 Å². The van der Waals surface area contributed by atoms with E-state index >= 15 is 0 Å². The highest BCUT2D eigenvalue weighted by molar-refractivity contribution is 5.70. The lowest BCUT2D eigenvalue weighted by molar-refractivity contribution is -0.145. The van der Waals surface area contributed by atoms with Crippen molar-refractivity contribution in [1.29, 1.82) is 0 Å². The van der Waals surface area contributed by atoms with E-state index in [2.05, 4.69) is 4.98 Å². The lowest BCUT2D eigenvalue weighted by atomic mass is 9.81. The van der Waals surface area contributed by atoms with E-state index in [4.69, 9.17) is 9.47 Å². The first-order valence-corrected chi connectivity index (χ1v) is 8.07. The third-order valence-electron chi connectivity index (χ3n) is 4.36. The number of benzene rings is 1. The van der Waals surface area contributed by atoms with Crippen LogP contribution in [0.3, 0.4) is 0 Å². The number of aromatic nitrogens is 1. The van der Waals surface area contributed by atoms with Crippen molar-refractivity contribution in [3.05, 3.63) is 59.2 Å². The summed E-state index contributed by atoms with van der Waals surface area (Å²) in [6, 6.07) is 7.34. The van der Waals surface area contributed by atoms with Crippen LogP contribution < -0.4 is 4.74 Å². The van der Waals surface area contributed by atoms with Gasteiger partial charge in [0, 0.05) is 11.8 Å². The minimum Gasteiger partial charge on any atom is -0.497 e. The minimum atomic E-state index is -0.432. The van der Waals surface area contributed by atoms with Crippen LogP contribution in [-0.2, 0) is 22.6 Å². The van der Waals surface area contributed by atoms with Gasteiger partial charge in [-0.05, 0) is 54.5 Å². The van der Waals surface area contributed by atoms with E-state index in [-0.39, 0.29) is 18.5 Å². The van der Waals surface area contributed by atoms with E-state index in [1.807, 2.05) is 18.2 Å². The van der Waals surface area contributed by atoms with Crippen LogP contribution >= 0.6 is 0 Å². The van der Waals surface area contributed by atoms with Crippen LogP contribution in [0.15, 0.2) is 36.7 Å². The van der Waals surface area contributed by atoms with E-state index in [1.54, 1.807) is 7.11 Å². The average Bonchev–Trinajstić information content (AvgIpc) is 2.60. The predicted molar refractivity (Wildman–Crippen MR) is 87.3 cm³/mol. The van der Waals surface area contributed by atoms with Gasteiger partial charge in [0.25, 0.3) is 0 Å². The van der Waals surface area contributed by atoms with Gasteiger partial charge < -0.3 is 9.47 Å². The molecule has 1 aromatic heterocycles. The zero-order valence-electron chi connectivity index (χ0n) is 13.6. The predicted octanol–water partition coefficient (Wildman–Crippen LogP) is 3.78. The highest BCUT2D eigenvalue weighted by Gasteiger charge is 2.23. The van der Waals surface area contributed by atoms with Crippen molar-refractivity contribution < 1.29 is 18.7 Å². The van der Waals surface area contributed by atoms with Crippen LogP contribution in [0.4, 0.5) is 4.39 Å². The molecule has 0 radical (unpaired) electrons. The Morgan fingerprint density at radius 2 is 2.21 bits per heavy atom. The summed E-state index contributed by atoms with van der Waals surface area (Å²) in [5.74, 6) is 0.306. The third-order valence-corrected chi connectivity index (χ3v) is 4.36. The van der Waals surface area contributed by atoms with E-state index in [9.17, 15) is 9.18 Å². The molecule has 0 spiro atoms. The fourth-order valence-electron chi connectivity index (χ4n) is 3.19. The second-order valence-electron chi connectivity index (χ2n) is 6.03. The number of halogens is 1. The molecule has 0 saturated carbocycles. The van der Waals surface area contributed by atoms with Crippen LogP contribution in [0.2, 0.25) is 0 Å². The molecule has 5 heteroatoms. The van der Waals surface area contributed by atoms with E-state index in [1.165, 1.54) is 23.4 Å². The molecule has 1 unspecified atom stereocenters. The van der Waals surface area contributed by atoms with Crippen molar-refractivity contribution in [2.45, 2.75) is 38.2 Å². The molecule has 1 heterocycles. The van der Waals surface area contributed by atoms with Crippen LogP contribution in [0.25, 0.3) is 0 Å². The minimum absolute atomic E-state index is 0.0474. The maximum atomic E-state index is 13.1. The van der Waals surface area contributed by atoms with Gasteiger partial charge in [0.15, 0.2) is 0 Å². The summed E-state index contributed by atoms with van der Waals surface area (Å²) in [7, 11) is 1.65. The molecule has 1 aliphatic carbocycles. The van der Waals surface area contributed by atoms with Crippen LogP contribution in [-0.4, -0.2) is 18.1 Å². The topological polar surface area (TPSA) is 48.4 Å². The zero-order valence-corrected chi connectivity index (χ0v) is 13.6. The van der Waals surface area contributed by atoms with Gasteiger partial charge in [0.2, 0.25) is 0 Å². The number of carbonyl (C=O) groups excluding carboxylic acids is 1. The Hall–Kier alpha value is -2.43. The maximum absolute atomic E-state index is 13.1. The average molecular weight is 329 g/mol. The lowest BCUT2D eigenvalue weighted by Gasteiger charge is -2.25. The summed E-state index contributed by atoms with van der Waals surface area (Å²) in [5.41, 5.74) is 3.00. The van der Waals surface area contributed by atoms with Gasteiger partial charge in [0.1, 0.15) is 18.2 Å². The summed E-state index contributed by atoms with van der Waals surface area (Å²) in [5, 5.41) is 0. The fraction of sp³-hybridized carbons (Fsp3) is 0.368. The Kier molecular flexibility index (Phi) is 5.08. The number of rotatable bonds is 5. The molecule has 3 rings (SSSR count). The van der Waals surface area contributed by atoms with Crippen LogP contribution in [0.5, 0.6) is 5.75 Å². The Morgan fingerprint density at radius 1 is 1.33 bits per heavy atom. The van der Waals surface area contributed by atoms with Crippen molar-refractivity contribution in [3.63, 3.8) is 0 Å². The molecule has 1 atom stereocenters. The van der Waals surface area contributed by atoms with Crippen LogP contribution in [0, 0.1) is 5.82 Å². The van der Waals surface area contributed by atoms with Crippen molar-refractivity contribution in [2.75, 3.05) is 7.11 Å². The molecule has 0 fully saturated rings. The first-order valence-electron chi connectivity index (χ1n) is 8.07. The van der Waals surface area contributed by atoms with Crippen LogP contribution in [0.1, 0.15) is 41.9 Å². The second kappa shape index (κ2) is 7.43. The Morgan fingerprint density at radius 3 is 3.00 bits per heavy atom. The van der Waals surface area contributed by atoms with Gasteiger partial charge in [-0.1, -0.05) is 6.07 Å². The summed E-state index contributed by atoms with van der Waals surface area (Å²) in [4.78, 5) is 15.9. The fourth-order valence-corrected chi connectivity index (χ4v) is 3.19. The first kappa shape index (κ1) is 16.4. The van der Waals surface area contributed by atoms with Gasteiger partial charge in [-0.15, -0.1) is 0 Å². The third kappa shape index (κ3) is 3.91.